The molecule has 7 aromatic carbocycles. The van der Waals surface area contributed by atoms with E-state index in [4.69, 9.17) is 9.40 Å². The topological polar surface area (TPSA) is 29.3 Å². The minimum absolute atomic E-state index is 0.624. The normalized spacial score (nSPS) is 11.8. The molecule has 0 aliphatic carbocycles. The van der Waals surface area contributed by atoms with Crippen LogP contribution >= 0.6 is 27.3 Å². The molecule has 0 spiro atoms. The Bertz CT molecular complexity index is 2480. The van der Waals surface area contributed by atoms with Gasteiger partial charge in [0.2, 0.25) is 5.89 Å². The molecule has 0 amide bonds. The van der Waals surface area contributed by atoms with Gasteiger partial charge >= 0.3 is 0 Å². The van der Waals surface area contributed by atoms with E-state index < -0.39 is 0 Å². The molecule has 0 bridgehead atoms. The van der Waals surface area contributed by atoms with E-state index in [1.165, 1.54) is 41.7 Å². The van der Waals surface area contributed by atoms with Gasteiger partial charge in [-0.2, -0.15) is 0 Å². The largest absolute Gasteiger partial charge is 0.436 e. The minimum atomic E-state index is 0.624. The van der Waals surface area contributed by atoms with Gasteiger partial charge in [0, 0.05) is 52.4 Å². The lowest BCUT2D eigenvalue weighted by Gasteiger charge is -2.27. The summed E-state index contributed by atoms with van der Waals surface area (Å²) in [6, 6.07) is 49.1. The van der Waals surface area contributed by atoms with Gasteiger partial charge in [0.25, 0.3) is 0 Å². The Balaban J connectivity index is 1.30. The number of hydrogen-bond donors (Lipinski definition) is 0. The summed E-state index contributed by atoms with van der Waals surface area (Å²) in [5, 5.41) is 7.52. The number of benzene rings is 7. The van der Waals surface area contributed by atoms with Crippen LogP contribution in [0.3, 0.4) is 0 Å². The van der Waals surface area contributed by atoms with Gasteiger partial charge in [-0.25, -0.2) is 4.98 Å². The molecule has 44 heavy (non-hydrogen) atoms. The fraction of sp³-hybridized carbons (Fsp3) is 0. The van der Waals surface area contributed by atoms with Gasteiger partial charge in [-0.05, 0) is 71.4 Å². The quantitative estimate of drug-likeness (QED) is 0.190. The monoisotopic (exact) mass is 646 g/mol. The third-order valence-corrected chi connectivity index (χ3v) is 10.2. The van der Waals surface area contributed by atoms with Gasteiger partial charge in [-0.3, -0.25) is 0 Å². The Morgan fingerprint density at radius 3 is 2.05 bits per heavy atom. The van der Waals surface area contributed by atoms with E-state index in [2.05, 4.69) is 136 Å². The molecule has 9 aromatic rings. The maximum absolute atomic E-state index is 6.08. The molecule has 0 saturated heterocycles. The van der Waals surface area contributed by atoms with E-state index >= 15 is 0 Å². The highest BCUT2D eigenvalue weighted by molar-refractivity contribution is 9.10. The standard InChI is InChI=1S/C39H23BrN2OS/c40-32-23-36-37(29-14-6-4-12-27(29)32)31-22-34(28-13-5-7-15-30(28)38(31)44-36)42(25-10-2-1-3-11-25)26-20-18-24(19-21-26)39-41-33-16-8-9-17-35(33)43-39/h1-23H. The molecule has 2 heterocycles. The second-order valence-electron chi connectivity index (χ2n) is 10.9. The van der Waals surface area contributed by atoms with Crippen LogP contribution in [0.2, 0.25) is 0 Å². The molecule has 9 rings (SSSR count). The van der Waals surface area contributed by atoms with Crippen LogP contribution in [-0.4, -0.2) is 4.98 Å². The van der Waals surface area contributed by atoms with Crippen molar-refractivity contribution in [2.24, 2.45) is 0 Å². The van der Waals surface area contributed by atoms with Crippen molar-refractivity contribution in [2.75, 3.05) is 4.90 Å². The fourth-order valence-electron chi connectivity index (χ4n) is 6.34. The first-order valence-corrected chi connectivity index (χ1v) is 16.1. The van der Waals surface area contributed by atoms with Crippen LogP contribution in [-0.2, 0) is 0 Å². The third kappa shape index (κ3) is 3.97. The van der Waals surface area contributed by atoms with E-state index in [1.807, 2.05) is 35.6 Å². The molecule has 0 aliphatic heterocycles. The summed E-state index contributed by atoms with van der Waals surface area (Å²) < 4.78 is 9.79. The number of hydrogen-bond acceptors (Lipinski definition) is 4. The molecule has 2 aromatic heterocycles. The number of anilines is 3. The zero-order chi connectivity index (χ0) is 29.2. The van der Waals surface area contributed by atoms with Crippen LogP contribution in [0.1, 0.15) is 0 Å². The maximum atomic E-state index is 6.08. The molecule has 0 fully saturated rings. The van der Waals surface area contributed by atoms with Crippen molar-refractivity contribution in [3.8, 4) is 11.5 Å². The van der Waals surface area contributed by atoms with Crippen molar-refractivity contribution < 1.29 is 4.42 Å². The van der Waals surface area contributed by atoms with Crippen molar-refractivity contribution in [1.29, 1.82) is 0 Å². The Morgan fingerprint density at radius 1 is 0.591 bits per heavy atom. The molecule has 0 atom stereocenters. The minimum Gasteiger partial charge on any atom is -0.436 e. The number of halogens is 1. The van der Waals surface area contributed by atoms with Gasteiger partial charge in [0.1, 0.15) is 5.52 Å². The van der Waals surface area contributed by atoms with Crippen molar-refractivity contribution in [3.63, 3.8) is 0 Å². The molecule has 0 aliphatic rings. The zero-order valence-electron chi connectivity index (χ0n) is 23.4. The van der Waals surface area contributed by atoms with Gasteiger partial charge < -0.3 is 9.32 Å². The average molecular weight is 648 g/mol. The van der Waals surface area contributed by atoms with Crippen molar-refractivity contribution >= 4 is 97.1 Å². The lowest BCUT2D eigenvalue weighted by Crippen LogP contribution is -2.10. The molecule has 0 radical (unpaired) electrons. The van der Waals surface area contributed by atoms with E-state index in [-0.39, 0.29) is 0 Å². The number of nitrogens with zero attached hydrogens (tertiary/aromatic N) is 2. The number of rotatable bonds is 4. The highest BCUT2D eigenvalue weighted by atomic mass is 79.9. The number of para-hydroxylation sites is 3. The second kappa shape index (κ2) is 10.1. The molecule has 3 nitrogen and oxygen atoms in total. The van der Waals surface area contributed by atoms with Crippen molar-refractivity contribution in [2.45, 2.75) is 0 Å². The van der Waals surface area contributed by atoms with Gasteiger partial charge in [0.15, 0.2) is 5.58 Å². The molecular formula is C39H23BrN2OS. The van der Waals surface area contributed by atoms with Crippen molar-refractivity contribution in [3.05, 3.63) is 144 Å². The predicted molar refractivity (Wildman–Crippen MR) is 190 cm³/mol. The highest BCUT2D eigenvalue weighted by Gasteiger charge is 2.21. The van der Waals surface area contributed by atoms with E-state index in [0.29, 0.717) is 5.89 Å². The lowest BCUT2D eigenvalue weighted by atomic mass is 9.99. The Hall–Kier alpha value is -4.97. The van der Waals surface area contributed by atoms with E-state index in [9.17, 15) is 0 Å². The predicted octanol–water partition coefficient (Wildman–Crippen LogP) is 12.4. The number of thiophene rings is 1. The molecule has 0 unspecified atom stereocenters. The number of oxazole rings is 1. The van der Waals surface area contributed by atoms with Crippen LogP contribution in [0.4, 0.5) is 17.1 Å². The van der Waals surface area contributed by atoms with Crippen LogP contribution < -0.4 is 4.90 Å². The lowest BCUT2D eigenvalue weighted by molar-refractivity contribution is 0.620. The molecule has 0 N–H and O–H groups in total. The number of aromatic nitrogens is 1. The Kier molecular flexibility index (Phi) is 5.83. The summed E-state index contributed by atoms with van der Waals surface area (Å²) >= 11 is 5.71. The van der Waals surface area contributed by atoms with Crippen LogP contribution in [0.15, 0.2) is 148 Å². The van der Waals surface area contributed by atoms with Crippen LogP contribution in [0.25, 0.3) is 64.3 Å². The summed E-state index contributed by atoms with van der Waals surface area (Å²) in [7, 11) is 0. The molecular weight excluding hydrogens is 624 g/mol. The van der Waals surface area contributed by atoms with E-state index in [0.717, 1.165) is 38.2 Å². The molecule has 0 saturated carbocycles. The smallest absolute Gasteiger partial charge is 0.227 e. The Labute approximate surface area is 265 Å². The van der Waals surface area contributed by atoms with E-state index in [1.54, 1.807) is 0 Å². The third-order valence-electron chi connectivity index (χ3n) is 8.33. The van der Waals surface area contributed by atoms with Gasteiger partial charge in [-0.1, -0.05) is 94.8 Å². The highest BCUT2D eigenvalue weighted by Crippen LogP contribution is 2.48. The first kappa shape index (κ1) is 25.5. The maximum Gasteiger partial charge on any atom is 0.227 e. The summed E-state index contributed by atoms with van der Waals surface area (Å²) in [6.45, 7) is 0. The van der Waals surface area contributed by atoms with Crippen LogP contribution in [0, 0.1) is 0 Å². The second-order valence-corrected chi connectivity index (χ2v) is 12.8. The molecule has 208 valence electrons. The SMILES string of the molecule is Brc1cc2sc3c4ccccc4c(N(c4ccccc4)c4ccc(-c5nc6ccccc6o5)cc4)cc3c2c2ccccc12. The zero-order valence-corrected chi connectivity index (χ0v) is 25.8. The first-order valence-electron chi connectivity index (χ1n) is 14.5. The van der Waals surface area contributed by atoms with Crippen molar-refractivity contribution in [1.82, 2.24) is 4.98 Å². The summed E-state index contributed by atoms with van der Waals surface area (Å²) in [4.78, 5) is 7.08. The number of fused-ring (bicyclic) bond motifs is 8. The summed E-state index contributed by atoms with van der Waals surface area (Å²) in [5.74, 6) is 0.624. The fourth-order valence-corrected chi connectivity index (χ4v) is 8.34. The van der Waals surface area contributed by atoms with Crippen LogP contribution in [0.5, 0.6) is 0 Å². The first-order chi connectivity index (χ1) is 21.7. The van der Waals surface area contributed by atoms with Gasteiger partial charge in [-0.15, -0.1) is 11.3 Å². The molecule has 5 heteroatoms. The Morgan fingerprint density at radius 2 is 1.25 bits per heavy atom. The average Bonchev–Trinajstić information content (AvgIpc) is 3.68. The summed E-state index contributed by atoms with van der Waals surface area (Å²) in [6.07, 6.45) is 0. The van der Waals surface area contributed by atoms with Gasteiger partial charge in [0.05, 0.1) is 5.69 Å². The summed E-state index contributed by atoms with van der Waals surface area (Å²) in [5.41, 5.74) is 5.89.